The summed E-state index contributed by atoms with van der Waals surface area (Å²) in [6.07, 6.45) is 3.59. The summed E-state index contributed by atoms with van der Waals surface area (Å²) in [7, 11) is 4.95. The molecule has 0 fully saturated rings. The zero-order valence-corrected chi connectivity index (χ0v) is 11.2. The van der Waals surface area contributed by atoms with Crippen molar-refractivity contribution in [3.63, 3.8) is 0 Å². The Hall–Kier alpha value is -2.01. The fraction of sp³-hybridized carbons (Fsp3) is 0.357. The number of carbonyl (C=O) groups is 1. The lowest BCUT2D eigenvalue weighted by atomic mass is 10.1. The Bertz CT molecular complexity index is 512. The molecule has 5 heteroatoms. The van der Waals surface area contributed by atoms with Crippen LogP contribution in [-0.4, -0.2) is 43.3 Å². The number of carboxylic acids is 1. The molecule has 0 spiro atoms. The molecule has 102 valence electrons. The van der Waals surface area contributed by atoms with E-state index in [0.29, 0.717) is 11.5 Å². The van der Waals surface area contributed by atoms with Crippen LogP contribution in [0.2, 0.25) is 0 Å². The fourth-order valence-electron chi connectivity index (χ4n) is 2.29. The lowest BCUT2D eigenvalue weighted by molar-refractivity contribution is -0.140. The second-order valence-corrected chi connectivity index (χ2v) is 4.39. The summed E-state index contributed by atoms with van der Waals surface area (Å²) in [5, 5.41) is 9.09. The van der Waals surface area contributed by atoms with Crippen LogP contribution in [-0.2, 0) is 4.79 Å². The maximum atomic E-state index is 11.1. The van der Waals surface area contributed by atoms with Gasteiger partial charge < -0.3 is 14.6 Å². The minimum atomic E-state index is -0.846. The molecule has 0 aromatic heterocycles. The minimum absolute atomic E-state index is 0.0686. The Kier molecular flexibility index (Phi) is 3.76. The number of rotatable bonds is 4. The average Bonchev–Trinajstić information content (AvgIpc) is 2.80. The monoisotopic (exact) mass is 263 g/mol. The van der Waals surface area contributed by atoms with E-state index in [2.05, 4.69) is 0 Å². The fourth-order valence-corrected chi connectivity index (χ4v) is 2.29. The number of hydrogen-bond donors (Lipinski definition) is 1. The molecular weight excluding hydrogens is 246 g/mol. The summed E-state index contributed by atoms with van der Waals surface area (Å²) in [6.45, 7) is 0. The molecule has 2 rings (SSSR count). The third kappa shape index (κ3) is 2.42. The van der Waals surface area contributed by atoms with Crippen LogP contribution in [0.25, 0.3) is 0 Å². The number of ether oxygens (including phenoxy) is 2. The molecule has 2 unspecified atom stereocenters. The number of hydrogen-bond acceptors (Lipinski definition) is 4. The lowest BCUT2D eigenvalue weighted by Gasteiger charge is -2.24. The maximum absolute atomic E-state index is 11.1. The summed E-state index contributed by atoms with van der Waals surface area (Å²) in [5.41, 5.74) is 0.972. The molecule has 0 amide bonds. The van der Waals surface area contributed by atoms with E-state index in [1.54, 1.807) is 32.2 Å². The van der Waals surface area contributed by atoms with Crippen LogP contribution in [0.3, 0.4) is 0 Å². The highest BCUT2D eigenvalue weighted by Gasteiger charge is 2.31. The molecule has 1 aromatic carbocycles. The number of benzene rings is 1. The predicted molar refractivity (Wildman–Crippen MR) is 70.6 cm³/mol. The van der Waals surface area contributed by atoms with Crippen molar-refractivity contribution in [1.29, 1.82) is 0 Å². The number of carboxylic acid groups (broad SMARTS) is 1. The van der Waals surface area contributed by atoms with Gasteiger partial charge in [-0.3, -0.25) is 9.69 Å². The van der Waals surface area contributed by atoms with E-state index in [0.717, 1.165) is 5.56 Å². The second-order valence-electron chi connectivity index (χ2n) is 4.39. The van der Waals surface area contributed by atoms with Crippen molar-refractivity contribution in [2.24, 2.45) is 0 Å². The summed E-state index contributed by atoms with van der Waals surface area (Å²) in [4.78, 5) is 12.9. The molecule has 0 aliphatic carbocycles. The van der Waals surface area contributed by atoms with Crippen LogP contribution in [0.15, 0.2) is 30.4 Å². The first-order valence-electron chi connectivity index (χ1n) is 5.93. The topological polar surface area (TPSA) is 59.0 Å². The number of likely N-dealkylation sites (N-methyl/N-ethyl adjacent to an activating group) is 1. The minimum Gasteiger partial charge on any atom is -0.493 e. The first kappa shape index (κ1) is 13.4. The molecule has 1 aliphatic rings. The quantitative estimate of drug-likeness (QED) is 0.838. The van der Waals surface area contributed by atoms with Gasteiger partial charge in [0, 0.05) is 0 Å². The molecule has 1 aromatic rings. The number of nitrogens with zero attached hydrogens (tertiary/aromatic N) is 1. The molecular formula is C14H17NO4. The van der Waals surface area contributed by atoms with Crippen LogP contribution in [0.5, 0.6) is 11.5 Å². The Labute approximate surface area is 112 Å². The molecule has 0 saturated carbocycles. The van der Waals surface area contributed by atoms with Gasteiger partial charge in [0.1, 0.15) is 6.04 Å². The van der Waals surface area contributed by atoms with Crippen molar-refractivity contribution in [2.45, 2.75) is 12.1 Å². The van der Waals surface area contributed by atoms with E-state index in [-0.39, 0.29) is 6.04 Å². The third-order valence-electron chi connectivity index (χ3n) is 3.36. The van der Waals surface area contributed by atoms with Crippen molar-refractivity contribution >= 4 is 5.97 Å². The van der Waals surface area contributed by atoms with Gasteiger partial charge in [-0.15, -0.1) is 0 Å². The lowest BCUT2D eigenvalue weighted by Crippen LogP contribution is -2.34. The standard InChI is InChI=1S/C14H17NO4/c1-15-10(5-6-11(15)14(16)17)9-4-7-12(18-2)13(8-9)19-3/h4-8,10-11H,1-3H3,(H,16,17). The van der Waals surface area contributed by atoms with Gasteiger partial charge in [-0.25, -0.2) is 0 Å². The van der Waals surface area contributed by atoms with Crippen LogP contribution in [0.1, 0.15) is 11.6 Å². The Morgan fingerprint density at radius 3 is 2.42 bits per heavy atom. The van der Waals surface area contributed by atoms with Crippen molar-refractivity contribution in [3.8, 4) is 11.5 Å². The molecule has 0 radical (unpaired) electrons. The zero-order chi connectivity index (χ0) is 14.0. The van der Waals surface area contributed by atoms with Crippen molar-refractivity contribution in [2.75, 3.05) is 21.3 Å². The van der Waals surface area contributed by atoms with E-state index in [4.69, 9.17) is 14.6 Å². The average molecular weight is 263 g/mol. The van der Waals surface area contributed by atoms with Gasteiger partial charge in [0.15, 0.2) is 11.5 Å². The first-order valence-corrected chi connectivity index (χ1v) is 5.93. The molecule has 1 N–H and O–H groups in total. The molecule has 5 nitrogen and oxygen atoms in total. The highest BCUT2D eigenvalue weighted by molar-refractivity contribution is 5.76. The van der Waals surface area contributed by atoms with Crippen LogP contribution >= 0.6 is 0 Å². The molecule has 0 saturated heterocycles. The van der Waals surface area contributed by atoms with E-state index in [1.807, 2.05) is 24.3 Å². The molecule has 0 bridgehead atoms. The molecule has 1 heterocycles. The largest absolute Gasteiger partial charge is 0.493 e. The van der Waals surface area contributed by atoms with Crippen LogP contribution in [0.4, 0.5) is 0 Å². The summed E-state index contributed by atoms with van der Waals surface area (Å²) in [6, 6.07) is 4.95. The van der Waals surface area contributed by atoms with E-state index < -0.39 is 12.0 Å². The highest BCUT2D eigenvalue weighted by atomic mass is 16.5. The number of aliphatic carboxylic acids is 1. The summed E-state index contributed by atoms with van der Waals surface area (Å²) < 4.78 is 10.5. The first-order chi connectivity index (χ1) is 9.08. The van der Waals surface area contributed by atoms with Gasteiger partial charge in [0.25, 0.3) is 0 Å². The third-order valence-corrected chi connectivity index (χ3v) is 3.36. The number of methoxy groups -OCH3 is 2. The second kappa shape index (κ2) is 5.32. The zero-order valence-electron chi connectivity index (χ0n) is 11.2. The Morgan fingerprint density at radius 2 is 1.89 bits per heavy atom. The van der Waals surface area contributed by atoms with Crippen LogP contribution in [0, 0.1) is 0 Å². The van der Waals surface area contributed by atoms with Gasteiger partial charge in [0.05, 0.1) is 20.3 Å². The summed E-state index contributed by atoms with van der Waals surface area (Å²) >= 11 is 0. The van der Waals surface area contributed by atoms with E-state index in [1.165, 1.54) is 0 Å². The van der Waals surface area contributed by atoms with Crippen LogP contribution < -0.4 is 9.47 Å². The van der Waals surface area contributed by atoms with Crippen molar-refractivity contribution < 1.29 is 19.4 Å². The Balaban J connectivity index is 2.29. The molecule has 19 heavy (non-hydrogen) atoms. The molecule has 2 atom stereocenters. The highest BCUT2D eigenvalue weighted by Crippen LogP contribution is 2.35. The normalized spacial score (nSPS) is 22.5. The van der Waals surface area contributed by atoms with Crippen molar-refractivity contribution in [1.82, 2.24) is 4.90 Å². The van der Waals surface area contributed by atoms with E-state index >= 15 is 0 Å². The molecule has 1 aliphatic heterocycles. The van der Waals surface area contributed by atoms with Crippen molar-refractivity contribution in [3.05, 3.63) is 35.9 Å². The maximum Gasteiger partial charge on any atom is 0.324 e. The SMILES string of the molecule is COc1ccc(C2C=CC(C(=O)O)N2C)cc1OC. The van der Waals surface area contributed by atoms with E-state index in [9.17, 15) is 4.79 Å². The van der Waals surface area contributed by atoms with Gasteiger partial charge >= 0.3 is 5.97 Å². The van der Waals surface area contributed by atoms with Gasteiger partial charge in [0.2, 0.25) is 0 Å². The van der Waals surface area contributed by atoms with Gasteiger partial charge in [-0.2, -0.15) is 0 Å². The predicted octanol–water partition coefficient (Wildman–Crippen LogP) is 1.70. The van der Waals surface area contributed by atoms with Gasteiger partial charge in [-0.05, 0) is 24.7 Å². The Morgan fingerprint density at radius 1 is 1.21 bits per heavy atom. The smallest absolute Gasteiger partial charge is 0.324 e. The van der Waals surface area contributed by atoms with Gasteiger partial charge in [-0.1, -0.05) is 18.2 Å². The summed E-state index contributed by atoms with van der Waals surface area (Å²) in [5.74, 6) is 0.452.